The van der Waals surface area contributed by atoms with Gasteiger partial charge in [0.05, 0.1) is 12.0 Å². The maximum Gasteiger partial charge on any atom is 0.410 e. The maximum absolute atomic E-state index is 12.3. The molecule has 1 N–H and O–H groups in total. The molecule has 1 aliphatic heterocycles. The summed E-state index contributed by atoms with van der Waals surface area (Å²) in [6.07, 6.45) is -0.437. The Kier molecular flexibility index (Phi) is 7.19. The number of methoxy groups -OCH3 is 1. The number of nitro groups is 1. The quantitative estimate of drug-likeness (QED) is 0.430. The molecule has 0 saturated carbocycles. The van der Waals surface area contributed by atoms with Crippen LogP contribution in [0.2, 0.25) is 0 Å². The second kappa shape index (κ2) is 9.42. The van der Waals surface area contributed by atoms with Gasteiger partial charge in [-0.15, -0.1) is 0 Å². The number of carbonyl (C=O) groups excluding carboxylic acids is 3. The van der Waals surface area contributed by atoms with E-state index >= 15 is 0 Å². The number of benzene rings is 1. The van der Waals surface area contributed by atoms with Crippen molar-refractivity contribution < 1.29 is 28.8 Å². The lowest BCUT2D eigenvalue weighted by atomic mass is 10.1. The summed E-state index contributed by atoms with van der Waals surface area (Å²) in [5.41, 5.74) is -0.312. The van der Waals surface area contributed by atoms with E-state index in [-0.39, 0.29) is 23.5 Å². The summed E-state index contributed by atoms with van der Waals surface area (Å²) in [6.45, 7) is 6.36. The zero-order valence-corrected chi connectivity index (χ0v) is 17.5. The fourth-order valence-electron chi connectivity index (χ4n) is 2.86. The van der Waals surface area contributed by atoms with Gasteiger partial charge in [0.25, 0.3) is 11.6 Å². The first-order valence-electron chi connectivity index (χ1n) is 9.38. The van der Waals surface area contributed by atoms with Gasteiger partial charge in [-0.05, 0) is 32.9 Å². The van der Waals surface area contributed by atoms with Gasteiger partial charge in [-0.1, -0.05) is 0 Å². The van der Waals surface area contributed by atoms with Gasteiger partial charge in [0, 0.05) is 37.8 Å². The Labute approximate surface area is 174 Å². The summed E-state index contributed by atoms with van der Waals surface area (Å²) in [7, 11) is 1.20. The van der Waals surface area contributed by atoms with Gasteiger partial charge >= 0.3 is 12.1 Å². The molecule has 0 unspecified atom stereocenters. The smallest absolute Gasteiger partial charge is 0.410 e. The van der Waals surface area contributed by atoms with Gasteiger partial charge in [-0.2, -0.15) is 0 Å². The first-order valence-corrected chi connectivity index (χ1v) is 9.38. The number of hydrogen-bond acceptors (Lipinski definition) is 8. The molecule has 164 valence electrons. The summed E-state index contributed by atoms with van der Waals surface area (Å²) in [5.74, 6) is -1.16. The Bertz CT molecular complexity index is 827. The Hall–Kier alpha value is -3.37. The first-order chi connectivity index (χ1) is 14.0. The lowest BCUT2D eigenvalue weighted by molar-refractivity contribution is -0.384. The fourth-order valence-corrected chi connectivity index (χ4v) is 2.86. The second-order valence-corrected chi connectivity index (χ2v) is 7.67. The number of rotatable bonds is 5. The van der Waals surface area contributed by atoms with Crippen molar-refractivity contribution in [3.8, 4) is 0 Å². The van der Waals surface area contributed by atoms with Gasteiger partial charge in [0.15, 0.2) is 0 Å². The molecular weight excluding hydrogens is 396 g/mol. The molecule has 1 saturated heterocycles. The van der Waals surface area contributed by atoms with Gasteiger partial charge in [-0.3, -0.25) is 19.7 Å². The van der Waals surface area contributed by atoms with E-state index in [2.05, 4.69) is 10.1 Å². The van der Waals surface area contributed by atoms with Crippen molar-refractivity contribution in [2.24, 2.45) is 0 Å². The number of nitrogens with one attached hydrogen (secondary N) is 1. The van der Waals surface area contributed by atoms with Crippen LogP contribution in [0.3, 0.4) is 0 Å². The average molecular weight is 422 g/mol. The molecule has 0 atom stereocenters. The van der Waals surface area contributed by atoms with E-state index in [1.807, 2.05) is 0 Å². The minimum absolute atomic E-state index is 0.148. The topological polar surface area (TPSA) is 131 Å². The molecule has 1 aliphatic rings. The van der Waals surface area contributed by atoms with E-state index in [9.17, 15) is 24.5 Å². The van der Waals surface area contributed by atoms with Crippen molar-refractivity contribution in [2.75, 3.05) is 44.7 Å². The summed E-state index contributed by atoms with van der Waals surface area (Å²) in [5, 5.41) is 13.9. The highest BCUT2D eigenvalue weighted by atomic mass is 16.6. The van der Waals surface area contributed by atoms with Crippen LogP contribution in [0.4, 0.5) is 16.2 Å². The lowest BCUT2D eigenvalue weighted by Gasteiger charge is -2.36. The van der Waals surface area contributed by atoms with Crippen LogP contribution >= 0.6 is 0 Å². The molecule has 0 aliphatic carbocycles. The molecule has 0 aromatic heterocycles. The van der Waals surface area contributed by atoms with Crippen molar-refractivity contribution in [1.29, 1.82) is 0 Å². The number of ether oxygens (including phenoxy) is 2. The highest BCUT2D eigenvalue weighted by Gasteiger charge is 2.29. The third-order valence-electron chi connectivity index (χ3n) is 4.33. The van der Waals surface area contributed by atoms with Crippen molar-refractivity contribution in [1.82, 2.24) is 10.2 Å². The van der Waals surface area contributed by atoms with Gasteiger partial charge in [0.1, 0.15) is 17.8 Å². The van der Waals surface area contributed by atoms with Crippen LogP contribution in [0.5, 0.6) is 0 Å². The van der Waals surface area contributed by atoms with Crippen molar-refractivity contribution in [2.45, 2.75) is 26.4 Å². The minimum Gasteiger partial charge on any atom is -0.468 e. The van der Waals surface area contributed by atoms with Crippen molar-refractivity contribution in [3.63, 3.8) is 0 Å². The SMILES string of the molecule is COC(=O)CNC(=O)c1ccc([N+](=O)[O-])c(N2CCN(C(=O)OC(C)(C)C)CC2)c1. The van der Waals surface area contributed by atoms with Crippen LogP contribution in [-0.2, 0) is 14.3 Å². The minimum atomic E-state index is -0.612. The number of nitro benzene ring substituents is 1. The van der Waals surface area contributed by atoms with E-state index < -0.39 is 28.5 Å². The maximum atomic E-state index is 12.3. The van der Waals surface area contributed by atoms with E-state index in [4.69, 9.17) is 4.74 Å². The number of hydrogen-bond donors (Lipinski definition) is 1. The van der Waals surface area contributed by atoms with E-state index in [1.165, 1.54) is 25.3 Å². The summed E-state index contributed by atoms with van der Waals surface area (Å²) >= 11 is 0. The molecule has 1 aromatic rings. The molecule has 30 heavy (non-hydrogen) atoms. The van der Waals surface area contributed by atoms with Crippen LogP contribution in [0.1, 0.15) is 31.1 Å². The number of amides is 2. The molecular formula is C19H26N4O7. The van der Waals surface area contributed by atoms with Crippen LogP contribution in [0.15, 0.2) is 18.2 Å². The normalized spacial score (nSPS) is 14.1. The standard InChI is InChI=1S/C19H26N4O7/c1-19(2,3)30-18(26)22-9-7-21(8-10-22)15-11-13(5-6-14(15)23(27)28)17(25)20-12-16(24)29-4/h5-6,11H,7-10,12H2,1-4H3,(H,20,25). The zero-order chi connectivity index (χ0) is 22.5. The Morgan fingerprint density at radius 2 is 1.80 bits per heavy atom. The van der Waals surface area contributed by atoms with E-state index in [0.29, 0.717) is 26.2 Å². The molecule has 1 aromatic carbocycles. The molecule has 0 spiro atoms. The van der Waals surface area contributed by atoms with Gasteiger partial charge in [0.2, 0.25) is 0 Å². The van der Waals surface area contributed by atoms with Crippen LogP contribution < -0.4 is 10.2 Å². The first kappa shape index (κ1) is 22.9. The molecule has 1 fully saturated rings. The third kappa shape index (κ3) is 6.06. The fraction of sp³-hybridized carbons (Fsp3) is 0.526. The van der Waals surface area contributed by atoms with Crippen LogP contribution in [-0.4, -0.2) is 73.2 Å². The number of nitrogens with zero attached hydrogens (tertiary/aromatic N) is 3. The molecule has 2 rings (SSSR count). The molecule has 11 nitrogen and oxygen atoms in total. The monoisotopic (exact) mass is 422 g/mol. The van der Waals surface area contributed by atoms with E-state index in [0.717, 1.165) is 0 Å². The Morgan fingerprint density at radius 1 is 1.17 bits per heavy atom. The number of anilines is 1. The largest absolute Gasteiger partial charge is 0.468 e. The molecule has 0 bridgehead atoms. The van der Waals surface area contributed by atoms with E-state index in [1.54, 1.807) is 30.6 Å². The Morgan fingerprint density at radius 3 is 2.33 bits per heavy atom. The summed E-state index contributed by atoms with van der Waals surface area (Å²) in [4.78, 5) is 49.9. The molecule has 1 heterocycles. The highest BCUT2D eigenvalue weighted by Crippen LogP contribution is 2.30. The second-order valence-electron chi connectivity index (χ2n) is 7.67. The number of esters is 1. The van der Waals surface area contributed by atoms with Gasteiger partial charge in [-0.25, -0.2) is 4.79 Å². The summed E-state index contributed by atoms with van der Waals surface area (Å²) in [6, 6.07) is 3.99. The van der Waals surface area contributed by atoms with Crippen molar-refractivity contribution in [3.05, 3.63) is 33.9 Å². The van der Waals surface area contributed by atoms with Crippen molar-refractivity contribution >= 4 is 29.3 Å². The average Bonchev–Trinajstić information content (AvgIpc) is 2.70. The van der Waals surface area contributed by atoms with Crippen LogP contribution in [0, 0.1) is 10.1 Å². The summed E-state index contributed by atoms with van der Waals surface area (Å²) < 4.78 is 9.83. The third-order valence-corrected chi connectivity index (χ3v) is 4.33. The highest BCUT2D eigenvalue weighted by molar-refractivity contribution is 5.97. The molecule has 2 amide bonds. The number of carbonyl (C=O) groups is 3. The predicted octanol–water partition coefficient (Wildman–Crippen LogP) is 1.55. The predicted molar refractivity (Wildman–Crippen MR) is 107 cm³/mol. The van der Waals surface area contributed by atoms with Crippen LogP contribution in [0.25, 0.3) is 0 Å². The molecule has 0 radical (unpaired) electrons. The zero-order valence-electron chi connectivity index (χ0n) is 17.5. The lowest BCUT2D eigenvalue weighted by Crippen LogP contribution is -2.50. The molecule has 11 heteroatoms. The van der Waals surface area contributed by atoms with Gasteiger partial charge < -0.3 is 24.6 Å². The number of piperazine rings is 1. The Balaban J connectivity index is 2.14.